The van der Waals surface area contributed by atoms with E-state index in [1.165, 1.54) is 37.3 Å². The Balaban J connectivity index is 0.000000559. The third-order valence-corrected chi connectivity index (χ3v) is 7.66. The molecular formula is C28H27F4NO6S. The predicted molar refractivity (Wildman–Crippen MR) is 140 cm³/mol. The number of hydrogen-bond donors (Lipinski definition) is 1. The van der Waals surface area contributed by atoms with Gasteiger partial charge in [-0.3, -0.25) is 13.9 Å². The first-order valence-electron chi connectivity index (χ1n) is 11.9. The molecule has 0 saturated carbocycles. The minimum Gasteiger partial charge on any atom is -0.489 e. The monoisotopic (exact) mass is 581 g/mol. The number of rotatable bonds is 4. The van der Waals surface area contributed by atoms with Crippen LogP contribution in [0, 0.1) is 11.2 Å². The van der Waals surface area contributed by atoms with E-state index in [0.29, 0.717) is 6.07 Å². The van der Waals surface area contributed by atoms with Gasteiger partial charge in [-0.05, 0) is 81.8 Å². The lowest BCUT2D eigenvalue weighted by Gasteiger charge is -2.31. The van der Waals surface area contributed by atoms with Crippen molar-refractivity contribution in [1.29, 1.82) is 0 Å². The second kappa shape index (κ2) is 11.3. The fourth-order valence-corrected chi connectivity index (χ4v) is 5.03. The fourth-order valence-electron chi connectivity index (χ4n) is 3.54. The molecule has 1 aliphatic rings. The summed E-state index contributed by atoms with van der Waals surface area (Å²) in [6, 6.07) is 11.7. The molecule has 1 heterocycles. The molecule has 1 N–H and O–H groups in total. The molecule has 214 valence electrons. The van der Waals surface area contributed by atoms with E-state index in [4.69, 9.17) is 9.84 Å². The molecule has 1 aliphatic heterocycles. The predicted octanol–water partition coefficient (Wildman–Crippen LogP) is 6.42. The molecule has 0 spiro atoms. The maximum Gasteiger partial charge on any atom is 0.416 e. The molecule has 0 atom stereocenters. The zero-order valence-corrected chi connectivity index (χ0v) is 22.9. The van der Waals surface area contributed by atoms with Gasteiger partial charge in [0.25, 0.3) is 10.0 Å². The minimum absolute atomic E-state index is 0.0152. The van der Waals surface area contributed by atoms with Crippen LogP contribution in [0.3, 0.4) is 0 Å². The van der Waals surface area contributed by atoms with Gasteiger partial charge in [-0.1, -0.05) is 12.1 Å². The Morgan fingerprint density at radius 1 is 0.975 bits per heavy atom. The Morgan fingerprint density at radius 3 is 2.20 bits per heavy atom. The molecule has 0 saturated heterocycles. The summed E-state index contributed by atoms with van der Waals surface area (Å²) in [7, 11) is -4.38. The second-order valence-electron chi connectivity index (χ2n) is 9.94. The van der Waals surface area contributed by atoms with E-state index >= 15 is 0 Å². The lowest BCUT2D eigenvalue weighted by atomic mass is 9.98. The quantitative estimate of drug-likeness (QED) is 0.282. The molecule has 0 aliphatic carbocycles. The minimum atomic E-state index is -4.71. The van der Waals surface area contributed by atoms with Crippen molar-refractivity contribution in [1.82, 2.24) is 0 Å². The van der Waals surface area contributed by atoms with Gasteiger partial charge < -0.3 is 9.84 Å². The van der Waals surface area contributed by atoms with Crippen LogP contribution < -0.4 is 9.04 Å². The number of carboxylic acids is 1. The highest BCUT2D eigenvalue weighted by Crippen LogP contribution is 2.40. The summed E-state index contributed by atoms with van der Waals surface area (Å²) in [5, 5.41) is 8.25. The number of carbonyl (C=O) groups is 2. The van der Waals surface area contributed by atoms with Crippen molar-refractivity contribution in [3.8, 4) is 16.9 Å². The third-order valence-electron chi connectivity index (χ3n) is 5.85. The molecule has 3 aromatic rings. The molecule has 3 aromatic carbocycles. The normalized spacial score (nSPS) is 13.4. The second-order valence-corrected chi connectivity index (χ2v) is 11.8. The summed E-state index contributed by atoms with van der Waals surface area (Å²) in [5.74, 6) is -1.47. The topological polar surface area (TPSA) is 101 Å². The van der Waals surface area contributed by atoms with Crippen molar-refractivity contribution in [2.24, 2.45) is 5.41 Å². The number of aliphatic carboxylic acids is 1. The van der Waals surface area contributed by atoms with E-state index in [1.54, 1.807) is 20.8 Å². The zero-order chi connectivity index (χ0) is 30.0. The lowest BCUT2D eigenvalue weighted by molar-refractivity contribution is -0.145. The van der Waals surface area contributed by atoms with E-state index in [2.05, 4.69) is 0 Å². The van der Waals surface area contributed by atoms with Crippen LogP contribution in [-0.4, -0.2) is 38.4 Å². The molecule has 0 unspecified atom stereocenters. The summed E-state index contributed by atoms with van der Waals surface area (Å²) >= 11 is 0. The summed E-state index contributed by atoms with van der Waals surface area (Å²) in [4.78, 5) is 21.2. The van der Waals surface area contributed by atoms with Gasteiger partial charge in [0.15, 0.2) is 5.78 Å². The van der Waals surface area contributed by atoms with E-state index in [1.807, 2.05) is 0 Å². The highest BCUT2D eigenvalue weighted by molar-refractivity contribution is 7.92. The average molecular weight is 582 g/mol. The third kappa shape index (κ3) is 6.79. The van der Waals surface area contributed by atoms with Gasteiger partial charge in [0.05, 0.1) is 28.1 Å². The molecule has 0 aromatic heterocycles. The zero-order valence-electron chi connectivity index (χ0n) is 22.0. The van der Waals surface area contributed by atoms with Crippen molar-refractivity contribution in [2.75, 3.05) is 17.5 Å². The first-order valence-corrected chi connectivity index (χ1v) is 13.4. The van der Waals surface area contributed by atoms with Crippen LogP contribution in [0.4, 0.5) is 23.2 Å². The Morgan fingerprint density at radius 2 is 1.62 bits per heavy atom. The molecule has 7 nitrogen and oxygen atoms in total. The van der Waals surface area contributed by atoms with Crippen LogP contribution in [0.25, 0.3) is 11.1 Å². The number of benzene rings is 3. The number of alkyl halides is 3. The number of anilines is 1. The Labute approximate surface area is 229 Å². The smallest absolute Gasteiger partial charge is 0.416 e. The number of halogens is 4. The molecule has 0 amide bonds. The van der Waals surface area contributed by atoms with Gasteiger partial charge in [0, 0.05) is 11.1 Å². The van der Waals surface area contributed by atoms with Crippen LogP contribution in [0.15, 0.2) is 65.6 Å². The SMILES string of the molecule is CC(=O)c1ccc(F)c(-c2ccc3c(c2)N(S(=O)(=O)c2cccc(C(F)(F)F)c2)CCO3)c1.CC(C)(C)C(=O)O. The van der Waals surface area contributed by atoms with E-state index in [9.17, 15) is 35.6 Å². The molecule has 40 heavy (non-hydrogen) atoms. The van der Waals surface area contributed by atoms with Crippen molar-refractivity contribution in [3.05, 3.63) is 77.6 Å². The number of ether oxygens (including phenoxy) is 1. The Kier molecular flexibility index (Phi) is 8.63. The largest absolute Gasteiger partial charge is 0.489 e. The fraction of sp³-hybridized carbons (Fsp3) is 0.286. The number of nitrogens with zero attached hydrogens (tertiary/aromatic N) is 1. The van der Waals surface area contributed by atoms with E-state index < -0.39 is 43.9 Å². The molecule has 12 heteroatoms. The lowest BCUT2D eigenvalue weighted by Crippen LogP contribution is -2.38. The first kappa shape index (κ1) is 30.6. The van der Waals surface area contributed by atoms with Gasteiger partial charge in [0.1, 0.15) is 18.2 Å². The number of hydrogen-bond acceptors (Lipinski definition) is 5. The highest BCUT2D eigenvalue weighted by atomic mass is 32.2. The molecule has 4 rings (SSSR count). The first-order chi connectivity index (χ1) is 18.4. The molecule has 0 bridgehead atoms. The van der Waals surface area contributed by atoms with Gasteiger partial charge >= 0.3 is 12.1 Å². The van der Waals surface area contributed by atoms with Crippen LogP contribution >= 0.6 is 0 Å². The maximum atomic E-state index is 14.5. The van der Waals surface area contributed by atoms with Crippen molar-refractivity contribution in [2.45, 2.75) is 38.8 Å². The van der Waals surface area contributed by atoms with E-state index in [-0.39, 0.29) is 47.1 Å². The Bertz CT molecular complexity index is 1550. The number of Topliss-reactive ketones (excluding diaryl/α,β-unsaturated/α-hetero) is 1. The number of sulfonamides is 1. The molecule has 0 fully saturated rings. The van der Waals surface area contributed by atoms with Crippen LogP contribution in [-0.2, 0) is 21.0 Å². The molecular weight excluding hydrogens is 554 g/mol. The van der Waals surface area contributed by atoms with Gasteiger partial charge in [-0.25, -0.2) is 12.8 Å². The van der Waals surface area contributed by atoms with Crippen LogP contribution in [0.1, 0.15) is 43.6 Å². The number of carbonyl (C=O) groups excluding carboxylic acids is 1. The van der Waals surface area contributed by atoms with Crippen molar-refractivity contribution >= 4 is 27.5 Å². The summed E-state index contributed by atoms with van der Waals surface area (Å²) < 4.78 is 86.9. The average Bonchev–Trinajstić information content (AvgIpc) is 2.87. The van der Waals surface area contributed by atoms with Gasteiger partial charge in [-0.15, -0.1) is 0 Å². The van der Waals surface area contributed by atoms with Crippen molar-refractivity contribution < 1.29 is 45.4 Å². The van der Waals surface area contributed by atoms with E-state index in [0.717, 1.165) is 28.6 Å². The summed E-state index contributed by atoms with van der Waals surface area (Å²) in [6.45, 7) is 6.16. The highest BCUT2D eigenvalue weighted by Gasteiger charge is 2.35. The summed E-state index contributed by atoms with van der Waals surface area (Å²) in [6.07, 6.45) is -4.71. The van der Waals surface area contributed by atoms with Crippen LogP contribution in [0.5, 0.6) is 5.75 Å². The summed E-state index contributed by atoms with van der Waals surface area (Å²) in [5.41, 5.74) is -0.983. The maximum absolute atomic E-state index is 14.5. The van der Waals surface area contributed by atoms with Crippen LogP contribution in [0.2, 0.25) is 0 Å². The number of carboxylic acid groups (broad SMARTS) is 1. The number of fused-ring (bicyclic) bond motifs is 1. The van der Waals surface area contributed by atoms with Gasteiger partial charge in [0.2, 0.25) is 0 Å². The number of ketones is 1. The standard InChI is InChI=1S/C23H17F4NO4S.C5H10O2/c1-14(29)15-5-7-20(24)19(11-15)16-6-8-22-21(12-16)28(9-10-32-22)33(30,31)18-4-2-3-17(13-18)23(25,26)27;1-5(2,3)4(6)7/h2-8,11-13H,9-10H2,1H3;1-3H3,(H,6,7). The van der Waals surface area contributed by atoms with Gasteiger partial charge in [-0.2, -0.15) is 13.2 Å². The Hall–Kier alpha value is -3.93. The van der Waals surface area contributed by atoms with Crippen molar-refractivity contribution in [3.63, 3.8) is 0 Å². The molecule has 0 radical (unpaired) electrons.